The van der Waals surface area contributed by atoms with E-state index in [2.05, 4.69) is 15.3 Å². The maximum atomic E-state index is 12.0. The second kappa shape index (κ2) is 8.04. The maximum Gasteiger partial charge on any atom is 0.230 e. The van der Waals surface area contributed by atoms with E-state index in [1.807, 2.05) is 54.6 Å². The SMILES string of the molecule is O=C(CSc1ncc(-c2ccccc2)[nH]1)NCc1ccccc1Cl. The summed E-state index contributed by atoms with van der Waals surface area (Å²) in [5.41, 5.74) is 2.91. The lowest BCUT2D eigenvalue weighted by Gasteiger charge is -2.06. The van der Waals surface area contributed by atoms with E-state index in [0.717, 1.165) is 22.0 Å². The third-order valence-corrected chi connectivity index (χ3v) is 4.67. The van der Waals surface area contributed by atoms with Gasteiger partial charge in [-0.2, -0.15) is 0 Å². The zero-order valence-electron chi connectivity index (χ0n) is 12.8. The summed E-state index contributed by atoms with van der Waals surface area (Å²) < 4.78 is 0. The Morgan fingerprint density at radius 2 is 1.88 bits per heavy atom. The van der Waals surface area contributed by atoms with Crippen LogP contribution in [0.2, 0.25) is 5.02 Å². The Balaban J connectivity index is 1.50. The standard InChI is InChI=1S/C18H16ClN3OS/c19-15-9-5-4-8-14(15)10-20-17(23)12-24-18-21-11-16(22-18)13-6-2-1-3-7-13/h1-9,11H,10,12H2,(H,20,23)(H,21,22). The largest absolute Gasteiger partial charge is 0.351 e. The van der Waals surface area contributed by atoms with Gasteiger partial charge in [0.2, 0.25) is 5.91 Å². The highest BCUT2D eigenvalue weighted by atomic mass is 35.5. The Hall–Kier alpha value is -2.24. The molecule has 0 atom stereocenters. The number of hydrogen-bond acceptors (Lipinski definition) is 3. The first-order chi connectivity index (χ1) is 11.7. The maximum absolute atomic E-state index is 12.0. The summed E-state index contributed by atoms with van der Waals surface area (Å²) in [4.78, 5) is 19.5. The van der Waals surface area contributed by atoms with Gasteiger partial charge >= 0.3 is 0 Å². The van der Waals surface area contributed by atoms with Crippen LogP contribution in [0.15, 0.2) is 66.0 Å². The van der Waals surface area contributed by atoms with Gasteiger partial charge in [-0.25, -0.2) is 4.98 Å². The molecule has 6 heteroatoms. The number of imidazole rings is 1. The molecule has 0 saturated heterocycles. The van der Waals surface area contributed by atoms with Crippen molar-refractivity contribution in [3.63, 3.8) is 0 Å². The van der Waals surface area contributed by atoms with Crippen LogP contribution in [0.25, 0.3) is 11.3 Å². The van der Waals surface area contributed by atoms with Crippen molar-refractivity contribution < 1.29 is 4.79 Å². The number of rotatable bonds is 6. The van der Waals surface area contributed by atoms with Gasteiger partial charge in [-0.15, -0.1) is 0 Å². The molecule has 2 N–H and O–H groups in total. The van der Waals surface area contributed by atoms with Gasteiger partial charge in [-0.1, -0.05) is 71.9 Å². The van der Waals surface area contributed by atoms with Gasteiger partial charge in [0.25, 0.3) is 0 Å². The molecular weight excluding hydrogens is 342 g/mol. The molecule has 0 saturated carbocycles. The van der Waals surface area contributed by atoms with Crippen LogP contribution in [0.3, 0.4) is 0 Å². The summed E-state index contributed by atoms with van der Waals surface area (Å²) in [5.74, 6) is 0.240. The van der Waals surface area contributed by atoms with E-state index in [1.54, 1.807) is 6.20 Å². The van der Waals surface area contributed by atoms with E-state index in [4.69, 9.17) is 11.6 Å². The molecule has 3 aromatic rings. The van der Waals surface area contributed by atoms with E-state index in [-0.39, 0.29) is 5.91 Å². The molecule has 4 nitrogen and oxygen atoms in total. The Morgan fingerprint density at radius 3 is 2.67 bits per heavy atom. The summed E-state index contributed by atoms with van der Waals surface area (Å²) in [5, 5.41) is 4.24. The third kappa shape index (κ3) is 4.40. The smallest absolute Gasteiger partial charge is 0.230 e. The minimum Gasteiger partial charge on any atom is -0.351 e. The Kier molecular flexibility index (Phi) is 5.56. The number of nitrogens with zero attached hydrogens (tertiary/aromatic N) is 1. The van der Waals surface area contributed by atoms with Crippen molar-refractivity contribution in [1.29, 1.82) is 0 Å². The summed E-state index contributed by atoms with van der Waals surface area (Å²) in [6, 6.07) is 17.4. The van der Waals surface area contributed by atoms with E-state index < -0.39 is 0 Å². The molecule has 0 aliphatic heterocycles. The number of amides is 1. The highest BCUT2D eigenvalue weighted by molar-refractivity contribution is 7.99. The monoisotopic (exact) mass is 357 g/mol. The second-order valence-electron chi connectivity index (χ2n) is 5.12. The first-order valence-corrected chi connectivity index (χ1v) is 8.82. The van der Waals surface area contributed by atoms with Gasteiger partial charge in [0.15, 0.2) is 5.16 Å². The number of H-pyrrole nitrogens is 1. The van der Waals surface area contributed by atoms with Crippen LogP contribution >= 0.6 is 23.4 Å². The van der Waals surface area contributed by atoms with Crippen molar-refractivity contribution in [1.82, 2.24) is 15.3 Å². The molecule has 1 heterocycles. The predicted molar refractivity (Wildman–Crippen MR) is 98.0 cm³/mol. The fourth-order valence-corrected chi connectivity index (χ4v) is 3.04. The quantitative estimate of drug-likeness (QED) is 0.652. The third-order valence-electron chi connectivity index (χ3n) is 3.41. The van der Waals surface area contributed by atoms with E-state index in [9.17, 15) is 4.79 Å². The predicted octanol–water partition coefficient (Wildman–Crippen LogP) is 4.14. The van der Waals surface area contributed by atoms with Crippen molar-refractivity contribution >= 4 is 29.3 Å². The first-order valence-electron chi connectivity index (χ1n) is 7.46. The highest BCUT2D eigenvalue weighted by Gasteiger charge is 2.08. The number of carbonyl (C=O) groups is 1. The number of halogens is 1. The number of thioether (sulfide) groups is 1. The van der Waals surface area contributed by atoms with Gasteiger partial charge in [-0.3, -0.25) is 4.79 Å². The molecule has 0 spiro atoms. The van der Waals surface area contributed by atoms with Crippen LogP contribution in [-0.4, -0.2) is 21.6 Å². The normalized spacial score (nSPS) is 10.5. The van der Waals surface area contributed by atoms with Crippen molar-refractivity contribution in [2.45, 2.75) is 11.7 Å². The molecule has 3 rings (SSSR count). The molecule has 2 aromatic carbocycles. The first kappa shape index (κ1) is 16.6. The Bertz CT molecular complexity index is 820. The van der Waals surface area contributed by atoms with Crippen LogP contribution in [0.1, 0.15) is 5.56 Å². The highest BCUT2D eigenvalue weighted by Crippen LogP contribution is 2.21. The van der Waals surface area contributed by atoms with Crippen molar-refractivity contribution in [3.8, 4) is 11.3 Å². The summed E-state index contributed by atoms with van der Waals surface area (Å²) in [6.45, 7) is 0.423. The van der Waals surface area contributed by atoms with Crippen LogP contribution in [0, 0.1) is 0 Å². The summed E-state index contributed by atoms with van der Waals surface area (Å²) >= 11 is 7.44. The molecule has 122 valence electrons. The van der Waals surface area contributed by atoms with Crippen LogP contribution in [0.4, 0.5) is 0 Å². The number of nitrogens with one attached hydrogen (secondary N) is 2. The summed E-state index contributed by atoms with van der Waals surface area (Å²) in [6.07, 6.45) is 1.78. The lowest BCUT2D eigenvalue weighted by molar-refractivity contribution is -0.118. The fourth-order valence-electron chi connectivity index (χ4n) is 2.16. The Labute approximate surface area is 149 Å². The van der Waals surface area contributed by atoms with E-state index in [0.29, 0.717) is 17.3 Å². The molecule has 0 radical (unpaired) electrons. The molecule has 0 bridgehead atoms. The Morgan fingerprint density at radius 1 is 1.12 bits per heavy atom. The van der Waals surface area contributed by atoms with Crippen molar-refractivity contribution in [3.05, 3.63) is 71.4 Å². The zero-order valence-corrected chi connectivity index (χ0v) is 14.4. The van der Waals surface area contributed by atoms with Gasteiger partial charge in [-0.05, 0) is 17.2 Å². The number of aromatic nitrogens is 2. The molecular formula is C18H16ClN3OS. The molecule has 0 aliphatic rings. The summed E-state index contributed by atoms with van der Waals surface area (Å²) in [7, 11) is 0. The number of hydrogen-bond donors (Lipinski definition) is 2. The van der Waals surface area contributed by atoms with Gasteiger partial charge in [0, 0.05) is 11.6 Å². The topological polar surface area (TPSA) is 57.8 Å². The van der Waals surface area contributed by atoms with Gasteiger partial charge in [0.1, 0.15) is 0 Å². The number of aromatic amines is 1. The average molecular weight is 358 g/mol. The minimum atomic E-state index is -0.0578. The molecule has 0 unspecified atom stereocenters. The van der Waals surface area contributed by atoms with Crippen molar-refractivity contribution in [2.24, 2.45) is 0 Å². The minimum absolute atomic E-state index is 0.0578. The molecule has 0 aliphatic carbocycles. The van der Waals surface area contributed by atoms with Crippen LogP contribution in [0.5, 0.6) is 0 Å². The van der Waals surface area contributed by atoms with Crippen LogP contribution in [-0.2, 0) is 11.3 Å². The van der Waals surface area contributed by atoms with E-state index in [1.165, 1.54) is 11.8 Å². The molecule has 0 fully saturated rings. The lowest BCUT2D eigenvalue weighted by Crippen LogP contribution is -2.24. The number of benzene rings is 2. The van der Waals surface area contributed by atoms with Gasteiger partial charge in [0.05, 0.1) is 17.6 Å². The average Bonchev–Trinajstić information content (AvgIpc) is 3.09. The molecule has 1 amide bonds. The second-order valence-corrected chi connectivity index (χ2v) is 6.50. The fraction of sp³-hybridized carbons (Fsp3) is 0.111. The van der Waals surface area contributed by atoms with E-state index >= 15 is 0 Å². The van der Waals surface area contributed by atoms with Gasteiger partial charge < -0.3 is 10.3 Å². The molecule has 24 heavy (non-hydrogen) atoms. The van der Waals surface area contributed by atoms with Crippen molar-refractivity contribution in [2.75, 3.05) is 5.75 Å². The lowest BCUT2D eigenvalue weighted by atomic mass is 10.2. The molecule has 1 aromatic heterocycles. The number of carbonyl (C=O) groups excluding carboxylic acids is 1. The van der Waals surface area contributed by atoms with Crippen LogP contribution < -0.4 is 5.32 Å². The zero-order chi connectivity index (χ0) is 16.8.